The maximum Gasteiger partial charge on any atom is 0.258 e. The largest absolute Gasteiger partial charge is 0.322 e. The number of aryl methyl sites for hydroxylation is 1. The van der Waals surface area contributed by atoms with Crippen LogP contribution in [0.25, 0.3) is 5.69 Å². The number of anilines is 1. The van der Waals surface area contributed by atoms with Crippen LogP contribution in [0, 0.1) is 6.92 Å². The minimum Gasteiger partial charge on any atom is -0.322 e. The molecule has 0 aliphatic heterocycles. The van der Waals surface area contributed by atoms with E-state index in [2.05, 4.69) is 31.0 Å². The summed E-state index contributed by atoms with van der Waals surface area (Å²) in [6.45, 7) is 1.94. The lowest BCUT2D eigenvalue weighted by Gasteiger charge is -2.08. The molecule has 0 fully saturated rings. The van der Waals surface area contributed by atoms with Gasteiger partial charge in [0.25, 0.3) is 5.91 Å². The van der Waals surface area contributed by atoms with Gasteiger partial charge in [0.15, 0.2) is 0 Å². The van der Waals surface area contributed by atoms with E-state index in [0.717, 1.165) is 11.3 Å². The number of hydrogen-bond acceptors (Lipinski definition) is 5. The lowest BCUT2D eigenvalue weighted by molar-refractivity contribution is 0.102. The quantitative estimate of drug-likeness (QED) is 0.737. The molecule has 3 rings (SSSR count). The summed E-state index contributed by atoms with van der Waals surface area (Å²) in [7, 11) is 0. The molecule has 8 nitrogen and oxygen atoms in total. The Labute approximate surface area is 113 Å². The maximum absolute atomic E-state index is 11.9. The number of aromatic nitrogens is 6. The van der Waals surface area contributed by atoms with Crippen LogP contribution in [-0.4, -0.2) is 36.3 Å². The van der Waals surface area contributed by atoms with Crippen molar-refractivity contribution >= 4 is 11.6 Å². The topological polar surface area (TPSA) is 101 Å². The predicted molar refractivity (Wildman–Crippen MR) is 70.4 cm³/mol. The molecule has 0 radical (unpaired) electrons. The third kappa shape index (κ3) is 2.26. The molecule has 1 amide bonds. The van der Waals surface area contributed by atoms with E-state index in [-0.39, 0.29) is 5.91 Å². The molecule has 3 aromatic rings. The summed E-state index contributed by atoms with van der Waals surface area (Å²) in [4.78, 5) is 11.9. The minimum atomic E-state index is -0.231. The highest BCUT2D eigenvalue weighted by Gasteiger charge is 2.09. The fraction of sp³-hybridized carbons (Fsp3) is 0.0833. The first-order chi connectivity index (χ1) is 9.74. The van der Waals surface area contributed by atoms with Crippen LogP contribution in [0.2, 0.25) is 0 Å². The molecule has 0 bridgehead atoms. The van der Waals surface area contributed by atoms with Gasteiger partial charge >= 0.3 is 0 Å². The van der Waals surface area contributed by atoms with Crippen LogP contribution < -0.4 is 5.32 Å². The van der Waals surface area contributed by atoms with E-state index in [9.17, 15) is 4.79 Å². The number of nitrogens with one attached hydrogen (secondary N) is 2. The molecule has 0 aliphatic rings. The number of amides is 1. The molecule has 2 N–H and O–H groups in total. The summed E-state index contributed by atoms with van der Waals surface area (Å²) in [5.74, 6) is -0.231. The average Bonchev–Trinajstić information content (AvgIpc) is 3.14. The highest BCUT2D eigenvalue weighted by atomic mass is 16.1. The van der Waals surface area contributed by atoms with Gasteiger partial charge < -0.3 is 5.32 Å². The minimum absolute atomic E-state index is 0.231. The Balaban J connectivity index is 1.88. The van der Waals surface area contributed by atoms with E-state index in [4.69, 9.17) is 0 Å². The second-order valence-corrected chi connectivity index (χ2v) is 4.20. The smallest absolute Gasteiger partial charge is 0.258 e. The van der Waals surface area contributed by atoms with Crippen molar-refractivity contribution in [2.75, 3.05) is 5.32 Å². The Morgan fingerprint density at radius 1 is 1.40 bits per heavy atom. The zero-order valence-electron chi connectivity index (χ0n) is 10.6. The number of aromatic amines is 1. The Morgan fingerprint density at radius 2 is 2.30 bits per heavy atom. The lowest BCUT2D eigenvalue weighted by atomic mass is 10.1. The zero-order chi connectivity index (χ0) is 13.9. The van der Waals surface area contributed by atoms with E-state index < -0.39 is 0 Å². The second kappa shape index (κ2) is 4.92. The van der Waals surface area contributed by atoms with Crippen LogP contribution in [-0.2, 0) is 0 Å². The third-order valence-corrected chi connectivity index (χ3v) is 2.82. The Hall–Kier alpha value is -3.03. The number of rotatable bonds is 3. The lowest BCUT2D eigenvalue weighted by Crippen LogP contribution is -2.11. The van der Waals surface area contributed by atoms with Crippen molar-refractivity contribution < 1.29 is 4.79 Å². The summed E-state index contributed by atoms with van der Waals surface area (Å²) in [5, 5.41) is 20.2. The molecule has 8 heteroatoms. The summed E-state index contributed by atoms with van der Waals surface area (Å²) in [5.41, 5.74) is 2.93. The van der Waals surface area contributed by atoms with Gasteiger partial charge in [-0.05, 0) is 35.0 Å². The first-order valence-electron chi connectivity index (χ1n) is 5.88. The van der Waals surface area contributed by atoms with Crippen LogP contribution in [0.4, 0.5) is 5.69 Å². The molecule has 2 aromatic heterocycles. The fourth-order valence-electron chi connectivity index (χ4n) is 1.78. The van der Waals surface area contributed by atoms with Gasteiger partial charge in [0, 0.05) is 11.9 Å². The summed E-state index contributed by atoms with van der Waals surface area (Å²) < 4.78 is 1.54. The molecule has 0 atom stereocenters. The van der Waals surface area contributed by atoms with Gasteiger partial charge in [-0.2, -0.15) is 5.10 Å². The standard InChI is InChI=1S/C12H11N7O/c1-8-2-3-10(4-11(8)19-7-15-17-18-19)16-12(20)9-5-13-14-6-9/h2-7H,1H3,(H,13,14)(H,16,20). The maximum atomic E-state index is 11.9. The summed E-state index contributed by atoms with van der Waals surface area (Å²) >= 11 is 0. The molecule has 2 heterocycles. The molecule has 0 unspecified atom stereocenters. The van der Waals surface area contributed by atoms with E-state index in [1.807, 2.05) is 25.1 Å². The van der Waals surface area contributed by atoms with Crippen LogP contribution in [0.15, 0.2) is 36.9 Å². The van der Waals surface area contributed by atoms with Gasteiger partial charge in [-0.3, -0.25) is 9.89 Å². The molecule has 100 valence electrons. The molecule has 0 saturated heterocycles. The van der Waals surface area contributed by atoms with E-state index in [0.29, 0.717) is 11.3 Å². The van der Waals surface area contributed by atoms with Crippen molar-refractivity contribution in [3.8, 4) is 5.69 Å². The van der Waals surface area contributed by atoms with Crippen molar-refractivity contribution in [3.63, 3.8) is 0 Å². The number of carbonyl (C=O) groups excluding carboxylic acids is 1. The molecular formula is C12H11N7O. The first kappa shape index (κ1) is 12.0. The number of carbonyl (C=O) groups is 1. The summed E-state index contributed by atoms with van der Waals surface area (Å²) in [6.07, 6.45) is 4.50. The average molecular weight is 269 g/mol. The van der Waals surface area contributed by atoms with Crippen LogP contribution >= 0.6 is 0 Å². The molecule has 0 aliphatic carbocycles. The Kier molecular flexibility index (Phi) is 2.96. The van der Waals surface area contributed by atoms with Crippen LogP contribution in [0.5, 0.6) is 0 Å². The number of benzene rings is 1. The van der Waals surface area contributed by atoms with Gasteiger partial charge in [-0.1, -0.05) is 6.07 Å². The van der Waals surface area contributed by atoms with Gasteiger partial charge in [-0.15, -0.1) is 5.10 Å². The Morgan fingerprint density at radius 3 is 3.00 bits per heavy atom. The van der Waals surface area contributed by atoms with E-state index >= 15 is 0 Å². The highest BCUT2D eigenvalue weighted by Crippen LogP contribution is 2.18. The third-order valence-electron chi connectivity index (χ3n) is 2.82. The number of H-pyrrole nitrogens is 1. The second-order valence-electron chi connectivity index (χ2n) is 4.20. The molecule has 0 spiro atoms. The van der Waals surface area contributed by atoms with Gasteiger partial charge in [-0.25, -0.2) is 4.68 Å². The Bertz CT molecular complexity index is 718. The number of tetrazole rings is 1. The van der Waals surface area contributed by atoms with Gasteiger partial charge in [0.05, 0.1) is 17.4 Å². The molecule has 0 saturated carbocycles. The summed E-state index contributed by atoms with van der Waals surface area (Å²) in [6, 6.07) is 5.52. The van der Waals surface area contributed by atoms with Crippen LogP contribution in [0.3, 0.4) is 0 Å². The molecular weight excluding hydrogens is 258 g/mol. The fourth-order valence-corrected chi connectivity index (χ4v) is 1.78. The number of nitrogens with zero attached hydrogens (tertiary/aromatic N) is 5. The SMILES string of the molecule is Cc1ccc(NC(=O)c2cn[nH]c2)cc1-n1cnnn1. The van der Waals surface area contributed by atoms with Crippen molar-refractivity contribution in [2.24, 2.45) is 0 Å². The van der Waals surface area contributed by atoms with Gasteiger partial charge in [0.2, 0.25) is 0 Å². The van der Waals surface area contributed by atoms with Gasteiger partial charge in [0.1, 0.15) is 6.33 Å². The number of hydrogen-bond donors (Lipinski definition) is 2. The van der Waals surface area contributed by atoms with Crippen molar-refractivity contribution in [1.82, 2.24) is 30.4 Å². The van der Waals surface area contributed by atoms with Crippen LogP contribution in [0.1, 0.15) is 15.9 Å². The highest BCUT2D eigenvalue weighted by molar-refractivity contribution is 6.04. The molecule has 1 aromatic carbocycles. The van der Waals surface area contributed by atoms with Crippen molar-refractivity contribution in [3.05, 3.63) is 48.0 Å². The molecule has 20 heavy (non-hydrogen) atoms. The normalized spacial score (nSPS) is 10.4. The zero-order valence-corrected chi connectivity index (χ0v) is 10.6. The van der Waals surface area contributed by atoms with Crippen molar-refractivity contribution in [2.45, 2.75) is 6.92 Å². The van der Waals surface area contributed by atoms with Crippen molar-refractivity contribution in [1.29, 1.82) is 0 Å². The monoisotopic (exact) mass is 269 g/mol. The van der Waals surface area contributed by atoms with E-state index in [1.54, 1.807) is 4.68 Å². The van der Waals surface area contributed by atoms with E-state index in [1.165, 1.54) is 18.7 Å². The predicted octanol–water partition coefficient (Wildman–Crippen LogP) is 0.946. The first-order valence-corrected chi connectivity index (χ1v) is 5.88.